The van der Waals surface area contributed by atoms with Gasteiger partial charge in [0.25, 0.3) is 5.91 Å². The molecule has 152 valence electrons. The van der Waals surface area contributed by atoms with Gasteiger partial charge in [-0.2, -0.15) is 5.10 Å². The molecule has 0 aliphatic carbocycles. The number of para-hydroxylation sites is 1. The van der Waals surface area contributed by atoms with Crippen molar-refractivity contribution in [2.24, 2.45) is 0 Å². The minimum Gasteiger partial charge on any atom is -0.493 e. The number of benzene rings is 3. The first-order chi connectivity index (χ1) is 14.7. The van der Waals surface area contributed by atoms with Crippen LogP contribution in [0, 0.1) is 0 Å². The fraction of sp³-hybridized carbons (Fsp3) is 0.167. The monoisotopic (exact) mass is 401 g/mol. The zero-order chi connectivity index (χ0) is 20.9. The third-order valence-electron chi connectivity index (χ3n) is 4.90. The largest absolute Gasteiger partial charge is 0.493 e. The number of carbonyl (C=O) groups is 1. The molecule has 0 aliphatic heterocycles. The number of methoxy groups -OCH3 is 1. The van der Waals surface area contributed by atoms with Crippen LogP contribution in [0.4, 0.5) is 0 Å². The van der Waals surface area contributed by atoms with Gasteiger partial charge < -0.3 is 14.4 Å². The van der Waals surface area contributed by atoms with Crippen molar-refractivity contribution in [2.75, 3.05) is 14.2 Å². The van der Waals surface area contributed by atoms with Crippen LogP contribution in [0.25, 0.3) is 10.9 Å². The Kier molecular flexibility index (Phi) is 5.66. The van der Waals surface area contributed by atoms with Gasteiger partial charge in [0.2, 0.25) is 0 Å². The van der Waals surface area contributed by atoms with E-state index in [9.17, 15) is 4.79 Å². The van der Waals surface area contributed by atoms with Crippen molar-refractivity contribution in [3.63, 3.8) is 0 Å². The number of carbonyl (C=O) groups excluding carboxylic acids is 1. The number of nitrogens with zero attached hydrogens (tertiary/aromatic N) is 2. The second-order valence-corrected chi connectivity index (χ2v) is 7.04. The van der Waals surface area contributed by atoms with Crippen LogP contribution in [0.2, 0.25) is 0 Å². The predicted octanol–water partition coefficient (Wildman–Crippen LogP) is 4.42. The molecule has 30 heavy (non-hydrogen) atoms. The van der Waals surface area contributed by atoms with Crippen molar-refractivity contribution < 1.29 is 14.3 Å². The van der Waals surface area contributed by atoms with E-state index in [0.29, 0.717) is 30.3 Å². The van der Waals surface area contributed by atoms with Gasteiger partial charge in [-0.15, -0.1) is 0 Å². The summed E-state index contributed by atoms with van der Waals surface area (Å²) in [5, 5.41) is 7.92. The maximum absolute atomic E-state index is 12.9. The van der Waals surface area contributed by atoms with Crippen molar-refractivity contribution in [3.8, 4) is 11.5 Å². The number of fused-ring (bicyclic) bond motifs is 1. The van der Waals surface area contributed by atoms with E-state index in [4.69, 9.17) is 9.47 Å². The number of hydrogen-bond donors (Lipinski definition) is 1. The number of H-pyrrole nitrogens is 1. The lowest BCUT2D eigenvalue weighted by Crippen LogP contribution is -2.26. The van der Waals surface area contributed by atoms with Gasteiger partial charge in [-0.3, -0.25) is 9.89 Å². The Balaban J connectivity index is 1.46. The fourth-order valence-electron chi connectivity index (χ4n) is 3.32. The second kappa shape index (κ2) is 8.69. The van der Waals surface area contributed by atoms with Crippen molar-refractivity contribution in [1.82, 2.24) is 15.1 Å². The summed E-state index contributed by atoms with van der Waals surface area (Å²) in [6.45, 7) is 0.885. The minimum absolute atomic E-state index is 0.143. The summed E-state index contributed by atoms with van der Waals surface area (Å²) in [7, 11) is 3.37. The Morgan fingerprint density at radius 2 is 1.73 bits per heavy atom. The Labute approximate surface area is 175 Å². The van der Waals surface area contributed by atoms with Gasteiger partial charge in [0.15, 0.2) is 17.2 Å². The van der Waals surface area contributed by atoms with Gasteiger partial charge in [0.05, 0.1) is 12.6 Å². The van der Waals surface area contributed by atoms with Crippen LogP contribution in [-0.2, 0) is 13.2 Å². The number of aromatic amines is 1. The van der Waals surface area contributed by atoms with Gasteiger partial charge in [-0.1, -0.05) is 54.6 Å². The third-order valence-corrected chi connectivity index (χ3v) is 4.90. The lowest BCUT2D eigenvalue weighted by molar-refractivity contribution is 0.0781. The maximum atomic E-state index is 12.9. The van der Waals surface area contributed by atoms with Crippen molar-refractivity contribution in [1.29, 1.82) is 0 Å². The molecule has 1 aromatic heterocycles. The number of amides is 1. The molecule has 0 radical (unpaired) electrons. The van der Waals surface area contributed by atoms with Crippen molar-refractivity contribution in [2.45, 2.75) is 13.2 Å². The van der Waals surface area contributed by atoms with Gasteiger partial charge >= 0.3 is 0 Å². The van der Waals surface area contributed by atoms with Crippen LogP contribution in [0.5, 0.6) is 11.5 Å². The van der Waals surface area contributed by atoms with E-state index in [2.05, 4.69) is 10.2 Å². The number of nitrogens with one attached hydrogen (secondary N) is 1. The number of hydrogen-bond acceptors (Lipinski definition) is 4. The molecule has 1 heterocycles. The van der Waals surface area contributed by atoms with Crippen LogP contribution in [0.1, 0.15) is 21.6 Å². The molecule has 0 saturated heterocycles. The molecule has 6 heteroatoms. The van der Waals surface area contributed by atoms with Crippen LogP contribution in [-0.4, -0.2) is 35.2 Å². The highest BCUT2D eigenvalue weighted by Gasteiger charge is 2.18. The molecule has 3 aromatic carbocycles. The summed E-state index contributed by atoms with van der Waals surface area (Å²) in [5.74, 6) is 1.16. The molecule has 0 bridgehead atoms. The highest BCUT2D eigenvalue weighted by Crippen LogP contribution is 2.29. The first-order valence-electron chi connectivity index (χ1n) is 9.68. The summed E-state index contributed by atoms with van der Waals surface area (Å²) in [6, 6.07) is 23.3. The average Bonchev–Trinajstić information content (AvgIpc) is 3.22. The normalized spacial score (nSPS) is 10.7. The molecule has 0 atom stereocenters. The van der Waals surface area contributed by atoms with E-state index in [1.807, 2.05) is 72.8 Å². The Bertz CT molecular complexity index is 1150. The minimum atomic E-state index is -0.143. The maximum Gasteiger partial charge on any atom is 0.275 e. The lowest BCUT2D eigenvalue weighted by atomic mass is 10.1. The molecule has 0 saturated carbocycles. The van der Waals surface area contributed by atoms with Gasteiger partial charge in [-0.05, 0) is 29.3 Å². The number of ether oxygens (including phenoxy) is 2. The quantitative estimate of drug-likeness (QED) is 0.498. The first-order valence-corrected chi connectivity index (χ1v) is 9.68. The fourth-order valence-corrected chi connectivity index (χ4v) is 3.32. The zero-order valence-electron chi connectivity index (χ0n) is 17.0. The van der Waals surface area contributed by atoms with Crippen LogP contribution in [0.3, 0.4) is 0 Å². The van der Waals surface area contributed by atoms with E-state index < -0.39 is 0 Å². The average molecular weight is 401 g/mol. The molecule has 0 aliphatic rings. The summed E-state index contributed by atoms with van der Waals surface area (Å²) in [4.78, 5) is 14.5. The molecule has 6 nitrogen and oxygen atoms in total. The lowest BCUT2D eigenvalue weighted by Gasteiger charge is -2.18. The molecule has 0 spiro atoms. The SMILES string of the molecule is COc1cc(CN(C)C(=O)c2n[nH]c3ccccc23)ccc1OCc1ccccc1. The summed E-state index contributed by atoms with van der Waals surface area (Å²) in [6.07, 6.45) is 0. The van der Waals surface area contributed by atoms with Crippen molar-refractivity contribution >= 4 is 16.8 Å². The van der Waals surface area contributed by atoms with E-state index in [1.54, 1.807) is 19.1 Å². The van der Waals surface area contributed by atoms with Crippen LogP contribution < -0.4 is 9.47 Å². The van der Waals surface area contributed by atoms with Crippen molar-refractivity contribution in [3.05, 3.63) is 89.6 Å². The molecule has 1 amide bonds. The Morgan fingerprint density at radius 1 is 0.967 bits per heavy atom. The van der Waals surface area contributed by atoms with Gasteiger partial charge in [0, 0.05) is 19.0 Å². The molecule has 0 unspecified atom stereocenters. The van der Waals surface area contributed by atoms with E-state index in [-0.39, 0.29) is 5.91 Å². The molecule has 0 fully saturated rings. The van der Waals surface area contributed by atoms with Crippen LogP contribution in [0.15, 0.2) is 72.8 Å². The molecular weight excluding hydrogens is 378 g/mol. The highest BCUT2D eigenvalue weighted by molar-refractivity contribution is 6.04. The zero-order valence-corrected chi connectivity index (χ0v) is 17.0. The summed E-state index contributed by atoms with van der Waals surface area (Å²) in [5.41, 5.74) is 3.29. The molecule has 4 aromatic rings. The number of rotatable bonds is 7. The first kappa shape index (κ1) is 19.5. The standard InChI is InChI=1S/C24H23N3O3/c1-27(24(28)23-19-10-6-7-11-20(19)25-26-23)15-18-12-13-21(22(14-18)29-2)30-16-17-8-4-3-5-9-17/h3-14H,15-16H2,1-2H3,(H,25,26). The smallest absolute Gasteiger partial charge is 0.275 e. The Hall–Kier alpha value is -3.80. The van der Waals surface area contributed by atoms with Crippen LogP contribution >= 0.6 is 0 Å². The second-order valence-electron chi connectivity index (χ2n) is 7.04. The molecule has 4 rings (SSSR count). The molecule has 1 N–H and O–H groups in total. The van der Waals surface area contributed by atoms with Gasteiger partial charge in [-0.25, -0.2) is 0 Å². The Morgan fingerprint density at radius 3 is 2.53 bits per heavy atom. The summed E-state index contributed by atoms with van der Waals surface area (Å²) >= 11 is 0. The van der Waals surface area contributed by atoms with E-state index in [1.165, 1.54) is 0 Å². The van der Waals surface area contributed by atoms with Gasteiger partial charge in [0.1, 0.15) is 6.61 Å². The topological polar surface area (TPSA) is 67.5 Å². The highest BCUT2D eigenvalue weighted by atomic mass is 16.5. The predicted molar refractivity (Wildman–Crippen MR) is 116 cm³/mol. The molecular formula is C24H23N3O3. The third kappa shape index (κ3) is 4.12. The van der Waals surface area contributed by atoms with E-state index in [0.717, 1.165) is 22.0 Å². The number of aromatic nitrogens is 2. The van der Waals surface area contributed by atoms with E-state index >= 15 is 0 Å². The summed E-state index contributed by atoms with van der Waals surface area (Å²) < 4.78 is 11.4.